The average Bonchev–Trinajstić information content (AvgIpc) is 2.03. The van der Waals surface area contributed by atoms with Gasteiger partial charge < -0.3 is 0 Å². The molecule has 1 rings (SSSR count). The van der Waals surface area contributed by atoms with Gasteiger partial charge in [0.15, 0.2) is 9.84 Å². The maximum absolute atomic E-state index is 11.2. The Morgan fingerprint density at radius 1 is 1.31 bits per heavy atom. The lowest BCUT2D eigenvalue weighted by Gasteiger charge is -2.04. The van der Waals surface area contributed by atoms with Crippen LogP contribution >= 0.6 is 0 Å². The van der Waals surface area contributed by atoms with Crippen LogP contribution in [-0.4, -0.2) is 14.7 Å². The number of sulfone groups is 1. The number of rotatable bonds is 2. The molecular weight excluding hydrogens is 184 g/mol. The molecule has 0 heterocycles. The third-order valence-corrected chi connectivity index (χ3v) is 3.24. The van der Waals surface area contributed by atoms with Crippen LogP contribution in [0.25, 0.3) is 0 Å². The highest BCUT2D eigenvalue weighted by Gasteiger charge is 2.07. The lowest BCUT2D eigenvalue weighted by atomic mass is 10.1. The molecule has 0 aliphatic rings. The number of aryl methyl sites for hydroxylation is 2. The number of hydrogen-bond donors (Lipinski definition) is 0. The van der Waals surface area contributed by atoms with E-state index in [4.69, 9.17) is 0 Å². The number of benzene rings is 1. The molecule has 0 fully saturated rings. The van der Waals surface area contributed by atoms with E-state index in [0.29, 0.717) is 4.90 Å². The molecule has 0 aliphatic heterocycles. The molecule has 0 aromatic heterocycles. The van der Waals surface area contributed by atoms with Gasteiger partial charge in [0, 0.05) is 6.26 Å². The van der Waals surface area contributed by atoms with Gasteiger partial charge in [0.25, 0.3) is 0 Å². The van der Waals surface area contributed by atoms with Crippen LogP contribution in [0.15, 0.2) is 23.1 Å². The molecule has 0 amide bonds. The summed E-state index contributed by atoms with van der Waals surface area (Å²) in [4.78, 5) is 0.412. The SMILES string of the molecule is CCc1cc(S(C)(=O)=O)ccc1C. The average molecular weight is 198 g/mol. The highest BCUT2D eigenvalue weighted by molar-refractivity contribution is 7.90. The van der Waals surface area contributed by atoms with E-state index in [2.05, 4.69) is 0 Å². The van der Waals surface area contributed by atoms with E-state index in [-0.39, 0.29) is 0 Å². The largest absolute Gasteiger partial charge is 0.224 e. The van der Waals surface area contributed by atoms with Crippen molar-refractivity contribution < 1.29 is 8.42 Å². The maximum atomic E-state index is 11.2. The summed E-state index contributed by atoms with van der Waals surface area (Å²) in [6.07, 6.45) is 2.10. The maximum Gasteiger partial charge on any atom is 0.175 e. The van der Waals surface area contributed by atoms with Gasteiger partial charge in [-0.15, -0.1) is 0 Å². The van der Waals surface area contributed by atoms with Crippen molar-refractivity contribution in [2.75, 3.05) is 6.26 Å². The van der Waals surface area contributed by atoms with Crippen LogP contribution in [0.4, 0.5) is 0 Å². The molecule has 0 unspecified atom stereocenters. The molecule has 1 aromatic carbocycles. The molecule has 2 nitrogen and oxygen atoms in total. The molecule has 13 heavy (non-hydrogen) atoms. The van der Waals surface area contributed by atoms with E-state index in [1.807, 2.05) is 19.9 Å². The quantitative estimate of drug-likeness (QED) is 0.728. The van der Waals surface area contributed by atoms with Crippen molar-refractivity contribution >= 4 is 9.84 Å². The fraction of sp³-hybridized carbons (Fsp3) is 0.400. The molecule has 0 radical (unpaired) electrons. The van der Waals surface area contributed by atoms with Gasteiger partial charge >= 0.3 is 0 Å². The second-order valence-corrected chi connectivity index (χ2v) is 5.23. The third kappa shape index (κ3) is 2.31. The van der Waals surface area contributed by atoms with Crippen LogP contribution < -0.4 is 0 Å². The smallest absolute Gasteiger partial charge is 0.175 e. The van der Waals surface area contributed by atoms with Crippen LogP contribution in [0.2, 0.25) is 0 Å². The molecule has 1 aromatic rings. The summed E-state index contributed by atoms with van der Waals surface area (Å²) in [6, 6.07) is 5.27. The first-order chi connectivity index (χ1) is 5.95. The summed E-state index contributed by atoms with van der Waals surface area (Å²) >= 11 is 0. The Labute approximate surface area is 79.5 Å². The summed E-state index contributed by atoms with van der Waals surface area (Å²) in [5.41, 5.74) is 2.25. The van der Waals surface area contributed by atoms with Gasteiger partial charge in [-0.1, -0.05) is 13.0 Å². The highest BCUT2D eigenvalue weighted by Crippen LogP contribution is 2.15. The topological polar surface area (TPSA) is 34.1 Å². The van der Waals surface area contributed by atoms with Crippen molar-refractivity contribution in [3.63, 3.8) is 0 Å². The molecule has 0 atom stereocenters. The summed E-state index contributed by atoms with van der Waals surface area (Å²) in [6.45, 7) is 4.01. The van der Waals surface area contributed by atoms with Crippen LogP contribution in [0.1, 0.15) is 18.1 Å². The number of hydrogen-bond acceptors (Lipinski definition) is 2. The Bertz CT molecular complexity index is 405. The lowest BCUT2D eigenvalue weighted by Crippen LogP contribution is -1.98. The molecule has 3 heteroatoms. The first-order valence-corrected chi connectivity index (χ1v) is 6.14. The van der Waals surface area contributed by atoms with Gasteiger partial charge in [-0.3, -0.25) is 0 Å². The van der Waals surface area contributed by atoms with Crippen molar-refractivity contribution in [2.24, 2.45) is 0 Å². The van der Waals surface area contributed by atoms with Gasteiger partial charge in [0.1, 0.15) is 0 Å². The fourth-order valence-electron chi connectivity index (χ4n) is 1.26. The van der Waals surface area contributed by atoms with Crippen molar-refractivity contribution in [2.45, 2.75) is 25.2 Å². The standard InChI is InChI=1S/C10H14O2S/c1-4-9-7-10(13(3,11)12)6-5-8(9)2/h5-7H,4H2,1-3H3. The molecule has 0 N–H and O–H groups in total. The second kappa shape index (κ2) is 3.50. The fourth-order valence-corrected chi connectivity index (χ4v) is 1.93. The van der Waals surface area contributed by atoms with E-state index < -0.39 is 9.84 Å². The predicted molar refractivity (Wildman–Crippen MR) is 53.7 cm³/mol. The van der Waals surface area contributed by atoms with E-state index in [0.717, 1.165) is 17.5 Å². The zero-order valence-electron chi connectivity index (χ0n) is 8.16. The van der Waals surface area contributed by atoms with E-state index in [1.54, 1.807) is 12.1 Å². The Balaban J connectivity index is 3.30. The minimum absolute atomic E-state index is 0.412. The molecule has 0 aliphatic carbocycles. The van der Waals surface area contributed by atoms with Crippen LogP contribution in [-0.2, 0) is 16.3 Å². The van der Waals surface area contributed by atoms with Gasteiger partial charge in [-0.05, 0) is 36.6 Å². The molecule has 0 spiro atoms. The van der Waals surface area contributed by atoms with Crippen LogP contribution in [0.3, 0.4) is 0 Å². The predicted octanol–water partition coefficient (Wildman–Crippen LogP) is 1.96. The zero-order chi connectivity index (χ0) is 10.1. The Hall–Kier alpha value is -0.830. The normalized spacial score (nSPS) is 11.6. The Morgan fingerprint density at radius 2 is 1.92 bits per heavy atom. The van der Waals surface area contributed by atoms with Crippen molar-refractivity contribution in [3.05, 3.63) is 29.3 Å². The molecule has 0 saturated carbocycles. The van der Waals surface area contributed by atoms with Gasteiger partial charge in [-0.2, -0.15) is 0 Å². The molecular formula is C10H14O2S. The van der Waals surface area contributed by atoms with Crippen molar-refractivity contribution in [1.29, 1.82) is 0 Å². The summed E-state index contributed by atoms with van der Waals surface area (Å²) in [7, 11) is -3.05. The van der Waals surface area contributed by atoms with Crippen molar-refractivity contribution in [3.8, 4) is 0 Å². The first kappa shape index (κ1) is 10.3. The zero-order valence-corrected chi connectivity index (χ0v) is 8.98. The molecule has 72 valence electrons. The third-order valence-electron chi connectivity index (χ3n) is 2.13. The Morgan fingerprint density at radius 3 is 2.38 bits per heavy atom. The minimum atomic E-state index is -3.05. The minimum Gasteiger partial charge on any atom is -0.224 e. The highest BCUT2D eigenvalue weighted by atomic mass is 32.2. The van der Waals surface area contributed by atoms with E-state index in [1.165, 1.54) is 6.26 Å². The summed E-state index contributed by atoms with van der Waals surface area (Å²) in [5, 5.41) is 0. The van der Waals surface area contributed by atoms with Gasteiger partial charge in [-0.25, -0.2) is 8.42 Å². The van der Waals surface area contributed by atoms with Gasteiger partial charge in [0.05, 0.1) is 4.90 Å². The Kier molecular flexibility index (Phi) is 2.76. The van der Waals surface area contributed by atoms with Crippen LogP contribution in [0.5, 0.6) is 0 Å². The molecule has 0 saturated heterocycles. The van der Waals surface area contributed by atoms with Crippen molar-refractivity contribution in [1.82, 2.24) is 0 Å². The summed E-state index contributed by atoms with van der Waals surface area (Å²) in [5.74, 6) is 0. The first-order valence-electron chi connectivity index (χ1n) is 4.24. The lowest BCUT2D eigenvalue weighted by molar-refractivity contribution is 0.601. The van der Waals surface area contributed by atoms with Gasteiger partial charge in [0.2, 0.25) is 0 Å². The second-order valence-electron chi connectivity index (χ2n) is 3.21. The molecule has 0 bridgehead atoms. The van der Waals surface area contributed by atoms with E-state index in [9.17, 15) is 8.42 Å². The van der Waals surface area contributed by atoms with E-state index >= 15 is 0 Å². The summed E-state index contributed by atoms with van der Waals surface area (Å²) < 4.78 is 22.4. The monoisotopic (exact) mass is 198 g/mol. The van der Waals surface area contributed by atoms with Crippen LogP contribution in [0, 0.1) is 6.92 Å².